The highest BCUT2D eigenvalue weighted by Crippen LogP contribution is 2.18. The molecular weight excluding hydrogens is 223 g/mol. The fourth-order valence-corrected chi connectivity index (χ4v) is 1.39. The van der Waals surface area contributed by atoms with Crippen molar-refractivity contribution in [3.63, 3.8) is 0 Å². The van der Waals surface area contributed by atoms with Gasteiger partial charge in [0.15, 0.2) is 0 Å². The quantitative estimate of drug-likeness (QED) is 0.587. The van der Waals surface area contributed by atoms with E-state index in [2.05, 4.69) is 14.7 Å². The topological polar surface area (TPSA) is 52.1 Å². The Bertz CT molecular complexity index is 543. The van der Waals surface area contributed by atoms with Crippen LogP contribution in [0.1, 0.15) is 10.4 Å². The first-order valence-electron chi connectivity index (χ1n) is 4.87. The number of rotatable bonds is 2. The lowest BCUT2D eigenvalue weighted by Crippen LogP contribution is -2.03. The Kier molecular flexibility index (Phi) is 3.09. The molecular formula is C12H9FN2O2. The average Bonchev–Trinajstić information content (AvgIpc) is 2.38. The van der Waals surface area contributed by atoms with Crippen molar-refractivity contribution in [1.82, 2.24) is 9.97 Å². The minimum atomic E-state index is -0.730. The number of halogens is 1. The Labute approximate surface area is 97.1 Å². The second-order valence-corrected chi connectivity index (χ2v) is 3.30. The van der Waals surface area contributed by atoms with Gasteiger partial charge < -0.3 is 4.74 Å². The number of aromatic nitrogens is 2. The Morgan fingerprint density at radius 3 is 2.88 bits per heavy atom. The molecule has 0 saturated carbocycles. The summed E-state index contributed by atoms with van der Waals surface area (Å²) in [6.07, 6.45) is 3.15. The molecule has 0 bridgehead atoms. The van der Waals surface area contributed by atoms with Crippen LogP contribution in [0.15, 0.2) is 36.7 Å². The molecule has 0 aromatic carbocycles. The summed E-state index contributed by atoms with van der Waals surface area (Å²) in [4.78, 5) is 18.9. The molecule has 0 aliphatic heterocycles. The lowest BCUT2D eigenvalue weighted by atomic mass is 10.1. The lowest BCUT2D eigenvalue weighted by Gasteiger charge is -2.03. The highest BCUT2D eigenvalue weighted by atomic mass is 19.1. The van der Waals surface area contributed by atoms with E-state index in [0.29, 0.717) is 11.3 Å². The fraction of sp³-hybridized carbons (Fsp3) is 0.0833. The van der Waals surface area contributed by atoms with Gasteiger partial charge in [-0.3, -0.25) is 4.98 Å². The third-order valence-corrected chi connectivity index (χ3v) is 2.17. The normalized spacial score (nSPS) is 10.0. The summed E-state index contributed by atoms with van der Waals surface area (Å²) in [5.41, 5.74) is 1.11. The molecule has 4 nitrogen and oxygen atoms in total. The first-order chi connectivity index (χ1) is 8.20. The van der Waals surface area contributed by atoms with Gasteiger partial charge in [0.05, 0.1) is 18.4 Å². The van der Waals surface area contributed by atoms with E-state index in [0.717, 1.165) is 6.07 Å². The molecule has 0 aliphatic rings. The summed E-state index contributed by atoms with van der Waals surface area (Å²) in [6, 6.07) is 5.94. The van der Waals surface area contributed by atoms with Crippen molar-refractivity contribution in [2.24, 2.45) is 0 Å². The van der Waals surface area contributed by atoms with Crippen molar-refractivity contribution in [2.75, 3.05) is 7.11 Å². The molecule has 86 valence electrons. The van der Waals surface area contributed by atoms with Crippen LogP contribution < -0.4 is 0 Å². The van der Waals surface area contributed by atoms with Crippen LogP contribution in [0.4, 0.5) is 4.39 Å². The van der Waals surface area contributed by atoms with Crippen molar-refractivity contribution in [2.45, 2.75) is 0 Å². The van der Waals surface area contributed by atoms with Gasteiger partial charge in [0.25, 0.3) is 0 Å². The van der Waals surface area contributed by atoms with Crippen molar-refractivity contribution in [1.29, 1.82) is 0 Å². The molecule has 0 amide bonds. The standard InChI is InChI=1S/C12H9FN2O2/c1-17-12(16)9-5-10(15-11(13)6-9)8-3-2-4-14-7-8/h2-7H,1H3. The molecule has 0 spiro atoms. The van der Waals surface area contributed by atoms with Crippen molar-refractivity contribution in [3.05, 3.63) is 48.2 Å². The summed E-state index contributed by atoms with van der Waals surface area (Å²) in [5, 5.41) is 0. The molecule has 5 heteroatoms. The summed E-state index contributed by atoms with van der Waals surface area (Å²) in [6.45, 7) is 0. The third-order valence-electron chi connectivity index (χ3n) is 2.17. The molecule has 0 fully saturated rings. The molecule has 0 unspecified atom stereocenters. The van der Waals surface area contributed by atoms with Crippen LogP contribution in [0.3, 0.4) is 0 Å². The molecule has 2 aromatic rings. The molecule has 2 heterocycles. The molecule has 0 aliphatic carbocycles. The zero-order valence-corrected chi connectivity index (χ0v) is 9.05. The number of carbonyl (C=O) groups excluding carboxylic acids is 1. The lowest BCUT2D eigenvalue weighted by molar-refractivity contribution is 0.0600. The van der Waals surface area contributed by atoms with Gasteiger partial charge in [0.1, 0.15) is 0 Å². The van der Waals surface area contributed by atoms with Gasteiger partial charge >= 0.3 is 5.97 Å². The van der Waals surface area contributed by atoms with E-state index in [9.17, 15) is 9.18 Å². The van der Waals surface area contributed by atoms with E-state index in [1.807, 2.05) is 0 Å². The van der Waals surface area contributed by atoms with Crippen LogP contribution in [-0.2, 0) is 4.74 Å². The summed E-state index contributed by atoms with van der Waals surface area (Å²) in [5.74, 6) is -1.33. The molecule has 2 rings (SSSR count). The van der Waals surface area contributed by atoms with Gasteiger partial charge in [-0.25, -0.2) is 9.78 Å². The monoisotopic (exact) mass is 232 g/mol. The number of pyridine rings is 2. The van der Waals surface area contributed by atoms with E-state index >= 15 is 0 Å². The summed E-state index contributed by atoms with van der Waals surface area (Å²) >= 11 is 0. The minimum Gasteiger partial charge on any atom is -0.465 e. The van der Waals surface area contributed by atoms with Gasteiger partial charge in [0.2, 0.25) is 5.95 Å². The molecule has 0 atom stereocenters. The van der Waals surface area contributed by atoms with Gasteiger partial charge in [-0.2, -0.15) is 4.39 Å². The number of methoxy groups -OCH3 is 1. The van der Waals surface area contributed by atoms with E-state index in [4.69, 9.17) is 0 Å². The fourth-order valence-electron chi connectivity index (χ4n) is 1.39. The first kappa shape index (κ1) is 11.2. The summed E-state index contributed by atoms with van der Waals surface area (Å²) < 4.78 is 17.8. The molecule has 0 radical (unpaired) electrons. The van der Waals surface area contributed by atoms with Crippen LogP contribution in [-0.4, -0.2) is 23.0 Å². The Morgan fingerprint density at radius 2 is 2.24 bits per heavy atom. The first-order valence-corrected chi connectivity index (χ1v) is 4.87. The predicted molar refractivity (Wildman–Crippen MR) is 58.8 cm³/mol. The second-order valence-electron chi connectivity index (χ2n) is 3.30. The molecule has 0 N–H and O–H groups in total. The largest absolute Gasteiger partial charge is 0.465 e. The van der Waals surface area contributed by atoms with Gasteiger partial charge in [-0.15, -0.1) is 0 Å². The van der Waals surface area contributed by atoms with Crippen LogP contribution in [0, 0.1) is 5.95 Å². The Morgan fingerprint density at radius 1 is 1.41 bits per heavy atom. The van der Waals surface area contributed by atoms with E-state index in [1.165, 1.54) is 13.2 Å². The zero-order chi connectivity index (χ0) is 12.3. The van der Waals surface area contributed by atoms with E-state index in [-0.39, 0.29) is 5.56 Å². The van der Waals surface area contributed by atoms with E-state index in [1.54, 1.807) is 24.5 Å². The van der Waals surface area contributed by atoms with Crippen LogP contribution in [0.5, 0.6) is 0 Å². The smallest absolute Gasteiger partial charge is 0.338 e. The second kappa shape index (κ2) is 4.69. The average molecular weight is 232 g/mol. The summed E-state index contributed by atoms with van der Waals surface area (Å²) in [7, 11) is 1.24. The van der Waals surface area contributed by atoms with Crippen LogP contribution >= 0.6 is 0 Å². The number of nitrogens with zero attached hydrogens (tertiary/aromatic N) is 2. The van der Waals surface area contributed by atoms with Crippen LogP contribution in [0.25, 0.3) is 11.3 Å². The van der Waals surface area contributed by atoms with Crippen molar-refractivity contribution >= 4 is 5.97 Å². The molecule has 17 heavy (non-hydrogen) atoms. The maximum Gasteiger partial charge on any atom is 0.338 e. The molecule has 2 aromatic heterocycles. The van der Waals surface area contributed by atoms with Crippen molar-refractivity contribution < 1.29 is 13.9 Å². The highest BCUT2D eigenvalue weighted by molar-refractivity contribution is 5.90. The van der Waals surface area contributed by atoms with Crippen molar-refractivity contribution in [3.8, 4) is 11.3 Å². The van der Waals surface area contributed by atoms with E-state index < -0.39 is 11.9 Å². The Hall–Kier alpha value is -2.30. The number of hydrogen-bond donors (Lipinski definition) is 0. The van der Waals surface area contributed by atoms with Crippen LogP contribution in [0.2, 0.25) is 0 Å². The number of esters is 1. The predicted octanol–water partition coefficient (Wildman–Crippen LogP) is 2.07. The maximum absolute atomic E-state index is 13.3. The highest BCUT2D eigenvalue weighted by Gasteiger charge is 2.11. The maximum atomic E-state index is 13.3. The number of carbonyl (C=O) groups is 1. The SMILES string of the molecule is COC(=O)c1cc(F)nc(-c2cccnc2)c1. The zero-order valence-electron chi connectivity index (χ0n) is 9.05. The van der Waals surface area contributed by atoms with Gasteiger partial charge in [0, 0.05) is 24.0 Å². The number of hydrogen-bond acceptors (Lipinski definition) is 4. The Balaban J connectivity index is 2.49. The number of ether oxygens (including phenoxy) is 1. The third kappa shape index (κ3) is 2.44. The van der Waals surface area contributed by atoms with Gasteiger partial charge in [-0.1, -0.05) is 0 Å². The minimum absolute atomic E-state index is 0.124. The molecule has 0 saturated heterocycles. The van der Waals surface area contributed by atoms with Gasteiger partial charge in [-0.05, 0) is 18.2 Å².